The molecule has 3 amide bonds. The Morgan fingerprint density at radius 1 is 0.848 bits per heavy atom. The molecule has 0 aromatic rings. The number of aliphatic hydroxyl groups is 1. The molecule has 0 radical (unpaired) electrons. The first-order valence-electron chi connectivity index (χ1n) is 12.4. The molecule has 0 aliphatic rings. The second-order valence-electron chi connectivity index (χ2n) is 11.1. The number of carbonyl (C=O) groups is 3. The highest BCUT2D eigenvalue weighted by molar-refractivity contribution is 5.91. The molecule has 33 heavy (non-hydrogen) atoms. The van der Waals surface area contributed by atoms with Crippen LogP contribution in [0.3, 0.4) is 0 Å². The molecule has 0 aromatic carbocycles. The van der Waals surface area contributed by atoms with Gasteiger partial charge in [0.1, 0.15) is 17.7 Å². The Morgan fingerprint density at radius 3 is 1.76 bits per heavy atom. The third kappa shape index (κ3) is 12.8. The second-order valence-corrected chi connectivity index (χ2v) is 11.1. The van der Waals surface area contributed by atoms with Gasteiger partial charge in [-0.1, -0.05) is 61.3 Å². The fourth-order valence-corrected chi connectivity index (χ4v) is 3.45. The van der Waals surface area contributed by atoms with Gasteiger partial charge in [0.05, 0.1) is 12.1 Å². The van der Waals surface area contributed by atoms with Crippen LogP contribution in [-0.2, 0) is 14.3 Å². The van der Waals surface area contributed by atoms with Gasteiger partial charge in [-0.05, 0) is 51.4 Å². The Balaban J connectivity index is 5.41. The highest BCUT2D eigenvalue weighted by Gasteiger charge is 2.33. The lowest BCUT2D eigenvalue weighted by Crippen LogP contribution is -2.59. The van der Waals surface area contributed by atoms with Crippen molar-refractivity contribution >= 4 is 17.9 Å². The summed E-state index contributed by atoms with van der Waals surface area (Å²) in [6.07, 6.45) is 1.77. The van der Waals surface area contributed by atoms with Crippen LogP contribution in [0.4, 0.5) is 4.79 Å². The Morgan fingerprint density at radius 2 is 1.33 bits per heavy atom. The number of unbranched alkanes of at least 4 members (excludes halogenated alkanes) is 1. The molecule has 0 aliphatic heterocycles. The topological polar surface area (TPSA) is 117 Å². The van der Waals surface area contributed by atoms with E-state index in [-0.39, 0.29) is 23.8 Å². The lowest BCUT2D eigenvalue weighted by Gasteiger charge is -2.31. The van der Waals surface area contributed by atoms with E-state index >= 15 is 0 Å². The molecule has 0 fully saturated rings. The molecule has 0 bridgehead atoms. The summed E-state index contributed by atoms with van der Waals surface area (Å²) in [7, 11) is 0. The molecular weight excluding hydrogens is 422 g/mol. The summed E-state index contributed by atoms with van der Waals surface area (Å²) in [6, 6.07) is -2.04. The quantitative estimate of drug-likeness (QED) is 0.326. The van der Waals surface area contributed by atoms with E-state index in [0.717, 1.165) is 12.8 Å². The molecule has 4 atom stereocenters. The van der Waals surface area contributed by atoms with Gasteiger partial charge in [-0.3, -0.25) is 9.59 Å². The molecule has 8 heteroatoms. The number of ether oxygens (including phenoxy) is 1. The first-order chi connectivity index (χ1) is 15.1. The first-order valence-corrected chi connectivity index (χ1v) is 12.4. The molecule has 0 saturated heterocycles. The van der Waals surface area contributed by atoms with Crippen molar-refractivity contribution in [3.63, 3.8) is 0 Å². The van der Waals surface area contributed by atoms with Crippen molar-refractivity contribution in [2.24, 2.45) is 17.8 Å². The van der Waals surface area contributed by atoms with Crippen molar-refractivity contribution < 1.29 is 24.2 Å². The average Bonchev–Trinajstić information content (AvgIpc) is 2.65. The molecule has 194 valence electrons. The number of hydrogen-bond acceptors (Lipinski definition) is 5. The minimum absolute atomic E-state index is 0.184. The van der Waals surface area contributed by atoms with Gasteiger partial charge < -0.3 is 25.8 Å². The van der Waals surface area contributed by atoms with Gasteiger partial charge in [0.25, 0.3) is 0 Å². The van der Waals surface area contributed by atoms with Crippen molar-refractivity contribution in [3.8, 4) is 0 Å². The summed E-state index contributed by atoms with van der Waals surface area (Å²) in [6.45, 7) is 18.7. The van der Waals surface area contributed by atoms with Crippen LogP contribution in [0.1, 0.15) is 94.9 Å². The van der Waals surface area contributed by atoms with Crippen LogP contribution in [0.25, 0.3) is 0 Å². The lowest BCUT2D eigenvalue weighted by molar-refractivity contribution is -0.132. The van der Waals surface area contributed by atoms with Crippen LogP contribution in [0.15, 0.2) is 0 Å². The zero-order valence-electron chi connectivity index (χ0n) is 22.5. The predicted molar refractivity (Wildman–Crippen MR) is 132 cm³/mol. The van der Waals surface area contributed by atoms with Crippen LogP contribution >= 0.6 is 0 Å². The van der Waals surface area contributed by atoms with Gasteiger partial charge in [-0.2, -0.15) is 0 Å². The van der Waals surface area contributed by atoms with Crippen LogP contribution in [0, 0.1) is 17.8 Å². The van der Waals surface area contributed by atoms with Gasteiger partial charge in [0.15, 0.2) is 0 Å². The number of hydrogen-bond donors (Lipinski definition) is 4. The maximum absolute atomic E-state index is 13.1. The molecular formula is C25H49N3O5. The Labute approximate surface area is 201 Å². The molecule has 4 N–H and O–H groups in total. The maximum atomic E-state index is 13.1. The highest BCUT2D eigenvalue weighted by Crippen LogP contribution is 2.15. The summed E-state index contributed by atoms with van der Waals surface area (Å²) in [5.41, 5.74) is -0.688. The predicted octanol–water partition coefficient (Wildman–Crippen LogP) is 3.76. The van der Waals surface area contributed by atoms with Crippen molar-refractivity contribution in [1.82, 2.24) is 16.0 Å². The van der Waals surface area contributed by atoms with Gasteiger partial charge in [0.2, 0.25) is 11.8 Å². The normalized spacial score (nSPS) is 15.7. The number of aliphatic hydroxyl groups excluding tert-OH is 1. The highest BCUT2D eigenvalue weighted by atomic mass is 16.6. The summed E-state index contributed by atoms with van der Waals surface area (Å²) in [5, 5.41) is 19.0. The van der Waals surface area contributed by atoms with Crippen molar-refractivity contribution in [3.05, 3.63) is 0 Å². The standard InChI is InChI=1S/C25H49N3O5/c1-11-12-13-19(29)18(14-15(2)3)26-22(30)20(16(4)5)27-23(31)21(17(6)7)28-24(32)33-25(8,9)10/h15-21,29H,11-14H2,1-10H3,(H,26,30)(H,27,31)(H,28,32)/t18-,19-,20-,21-/m0/s1. The van der Waals surface area contributed by atoms with Crippen molar-refractivity contribution in [2.45, 2.75) is 125 Å². The van der Waals surface area contributed by atoms with E-state index < -0.39 is 35.8 Å². The molecule has 0 saturated carbocycles. The molecule has 0 rings (SSSR count). The van der Waals surface area contributed by atoms with E-state index in [1.54, 1.807) is 20.8 Å². The summed E-state index contributed by atoms with van der Waals surface area (Å²) >= 11 is 0. The van der Waals surface area contributed by atoms with E-state index in [1.165, 1.54) is 0 Å². The summed E-state index contributed by atoms with van der Waals surface area (Å²) in [5.74, 6) is -0.883. The van der Waals surface area contributed by atoms with E-state index in [4.69, 9.17) is 4.74 Å². The molecule has 0 aliphatic carbocycles. The van der Waals surface area contributed by atoms with Crippen LogP contribution in [0.5, 0.6) is 0 Å². The zero-order valence-corrected chi connectivity index (χ0v) is 22.5. The van der Waals surface area contributed by atoms with E-state index in [0.29, 0.717) is 18.8 Å². The average molecular weight is 472 g/mol. The second kappa shape index (κ2) is 14.4. The number of carbonyl (C=O) groups excluding carboxylic acids is 3. The SMILES string of the molecule is CCCC[C@H](O)[C@H](CC(C)C)NC(=O)[C@@H](NC(=O)[C@@H](NC(=O)OC(C)(C)C)C(C)C)C(C)C. The molecule has 0 heterocycles. The summed E-state index contributed by atoms with van der Waals surface area (Å²) in [4.78, 5) is 38.4. The zero-order chi connectivity index (χ0) is 25.9. The van der Waals surface area contributed by atoms with Crippen LogP contribution in [-0.4, -0.2) is 52.8 Å². The van der Waals surface area contributed by atoms with Crippen LogP contribution < -0.4 is 16.0 Å². The van der Waals surface area contributed by atoms with E-state index in [1.807, 2.05) is 41.5 Å². The van der Waals surface area contributed by atoms with Crippen LogP contribution in [0.2, 0.25) is 0 Å². The number of amides is 3. The van der Waals surface area contributed by atoms with Gasteiger partial charge in [0, 0.05) is 0 Å². The third-order valence-electron chi connectivity index (χ3n) is 5.24. The fourth-order valence-electron chi connectivity index (χ4n) is 3.45. The number of alkyl carbamates (subject to hydrolysis) is 1. The Hall–Kier alpha value is -1.83. The van der Waals surface area contributed by atoms with Gasteiger partial charge in [-0.25, -0.2) is 4.79 Å². The smallest absolute Gasteiger partial charge is 0.408 e. The van der Waals surface area contributed by atoms with E-state index in [2.05, 4.69) is 22.9 Å². The number of rotatable bonds is 13. The molecule has 8 nitrogen and oxygen atoms in total. The van der Waals surface area contributed by atoms with Gasteiger partial charge >= 0.3 is 6.09 Å². The fraction of sp³-hybridized carbons (Fsp3) is 0.880. The Bertz CT molecular complexity index is 614. The monoisotopic (exact) mass is 471 g/mol. The van der Waals surface area contributed by atoms with E-state index in [9.17, 15) is 19.5 Å². The first kappa shape index (κ1) is 31.2. The maximum Gasteiger partial charge on any atom is 0.408 e. The Kier molecular flexibility index (Phi) is 13.6. The largest absolute Gasteiger partial charge is 0.444 e. The molecule has 0 aromatic heterocycles. The van der Waals surface area contributed by atoms with Gasteiger partial charge in [-0.15, -0.1) is 0 Å². The minimum Gasteiger partial charge on any atom is -0.444 e. The van der Waals surface area contributed by atoms with Crippen molar-refractivity contribution in [1.29, 1.82) is 0 Å². The summed E-state index contributed by atoms with van der Waals surface area (Å²) < 4.78 is 5.28. The molecule has 0 spiro atoms. The molecule has 0 unspecified atom stereocenters. The van der Waals surface area contributed by atoms with Crippen molar-refractivity contribution in [2.75, 3.05) is 0 Å². The third-order valence-corrected chi connectivity index (χ3v) is 5.24. The number of nitrogens with one attached hydrogen (secondary N) is 3. The lowest BCUT2D eigenvalue weighted by atomic mass is 9.94. The minimum atomic E-state index is -0.851.